The molecule has 0 radical (unpaired) electrons. The summed E-state index contributed by atoms with van der Waals surface area (Å²) < 4.78 is 7.46. The molecule has 7 heteroatoms. The number of hydrogen-bond acceptors (Lipinski definition) is 4. The Bertz CT molecular complexity index is 1130. The van der Waals surface area contributed by atoms with Crippen LogP contribution in [0.5, 0.6) is 0 Å². The lowest BCUT2D eigenvalue weighted by Crippen LogP contribution is -2.45. The first-order valence-corrected chi connectivity index (χ1v) is 10.6. The monoisotopic (exact) mass is 420 g/mol. The second-order valence-electron chi connectivity index (χ2n) is 8.91. The number of fused-ring (bicyclic) bond motifs is 1. The predicted molar refractivity (Wildman–Crippen MR) is 120 cm³/mol. The number of nitrogens with zero attached hydrogens (tertiary/aromatic N) is 3. The van der Waals surface area contributed by atoms with Crippen LogP contribution < -0.4 is 5.32 Å². The number of carbonyl (C=O) groups is 2. The van der Waals surface area contributed by atoms with E-state index < -0.39 is 17.7 Å². The van der Waals surface area contributed by atoms with Crippen LogP contribution in [0.15, 0.2) is 48.8 Å². The lowest BCUT2D eigenvalue weighted by molar-refractivity contribution is -0.120. The van der Waals surface area contributed by atoms with Gasteiger partial charge in [0.15, 0.2) is 0 Å². The molecule has 3 heterocycles. The Hall–Kier alpha value is -3.35. The molecule has 1 aliphatic heterocycles. The minimum absolute atomic E-state index is 0.212. The molecule has 1 aliphatic rings. The number of pyridine rings is 1. The summed E-state index contributed by atoms with van der Waals surface area (Å²) in [5.41, 5.74) is 3.64. The number of rotatable bonds is 3. The molecular weight excluding hydrogens is 392 g/mol. The van der Waals surface area contributed by atoms with Crippen LogP contribution in [0.25, 0.3) is 16.9 Å². The molecule has 1 saturated heterocycles. The van der Waals surface area contributed by atoms with Crippen molar-refractivity contribution in [3.63, 3.8) is 0 Å². The number of hydrogen-bond donors (Lipinski definition) is 1. The molecule has 1 unspecified atom stereocenters. The van der Waals surface area contributed by atoms with E-state index in [9.17, 15) is 9.59 Å². The van der Waals surface area contributed by atoms with Gasteiger partial charge in [-0.15, -0.1) is 0 Å². The van der Waals surface area contributed by atoms with Crippen molar-refractivity contribution in [1.82, 2.24) is 14.3 Å². The van der Waals surface area contributed by atoms with E-state index in [2.05, 4.69) is 5.32 Å². The number of benzene rings is 1. The standard InChI is InChI=1S/C24H28N4O3/c1-16-9-7-13-27-15-19(25-21(16)27)17-10-5-6-11-18(17)26-22(29)20-12-8-14-28(20)23(30)31-24(2,3)4/h5-7,9-11,13,15,20H,8,12,14H2,1-4H3,(H,26,29). The van der Waals surface area contributed by atoms with Gasteiger partial charge in [-0.1, -0.05) is 24.3 Å². The van der Waals surface area contributed by atoms with Crippen molar-refractivity contribution in [2.24, 2.45) is 0 Å². The van der Waals surface area contributed by atoms with Crippen LogP contribution in [0, 0.1) is 6.92 Å². The summed E-state index contributed by atoms with van der Waals surface area (Å²) in [5.74, 6) is -0.212. The smallest absolute Gasteiger partial charge is 0.410 e. The van der Waals surface area contributed by atoms with E-state index in [1.165, 1.54) is 4.90 Å². The van der Waals surface area contributed by atoms with Gasteiger partial charge in [0.1, 0.15) is 17.3 Å². The summed E-state index contributed by atoms with van der Waals surface area (Å²) in [5, 5.41) is 3.02. The average Bonchev–Trinajstić information content (AvgIpc) is 3.35. The van der Waals surface area contributed by atoms with Crippen molar-refractivity contribution in [3.05, 3.63) is 54.4 Å². The highest BCUT2D eigenvalue weighted by Crippen LogP contribution is 2.29. The Morgan fingerprint density at radius 2 is 1.94 bits per heavy atom. The Balaban J connectivity index is 1.58. The minimum atomic E-state index is -0.603. The van der Waals surface area contributed by atoms with Crippen molar-refractivity contribution in [1.29, 1.82) is 0 Å². The van der Waals surface area contributed by atoms with E-state index in [0.29, 0.717) is 18.7 Å². The van der Waals surface area contributed by atoms with Crippen molar-refractivity contribution >= 4 is 23.3 Å². The Kier molecular flexibility index (Phi) is 5.43. The van der Waals surface area contributed by atoms with Crippen molar-refractivity contribution < 1.29 is 14.3 Å². The van der Waals surface area contributed by atoms with E-state index in [1.807, 2.05) is 80.9 Å². The van der Waals surface area contributed by atoms with Gasteiger partial charge in [-0.05, 0) is 58.2 Å². The van der Waals surface area contributed by atoms with Crippen molar-refractivity contribution in [2.75, 3.05) is 11.9 Å². The fourth-order valence-corrected chi connectivity index (χ4v) is 3.89. The number of amides is 2. The number of nitrogens with one attached hydrogen (secondary N) is 1. The van der Waals surface area contributed by atoms with Gasteiger partial charge < -0.3 is 14.5 Å². The van der Waals surface area contributed by atoms with Crippen molar-refractivity contribution in [3.8, 4) is 11.3 Å². The minimum Gasteiger partial charge on any atom is -0.444 e. The number of likely N-dealkylation sites (tertiary alicyclic amines) is 1. The van der Waals surface area contributed by atoms with Gasteiger partial charge in [-0.3, -0.25) is 9.69 Å². The van der Waals surface area contributed by atoms with Gasteiger partial charge in [-0.25, -0.2) is 9.78 Å². The van der Waals surface area contributed by atoms with Crippen LogP contribution in [0.2, 0.25) is 0 Å². The summed E-state index contributed by atoms with van der Waals surface area (Å²) >= 11 is 0. The fraction of sp³-hybridized carbons (Fsp3) is 0.375. The summed E-state index contributed by atoms with van der Waals surface area (Å²) in [7, 11) is 0. The number of carbonyl (C=O) groups excluding carboxylic acids is 2. The third-order valence-electron chi connectivity index (χ3n) is 5.32. The van der Waals surface area contributed by atoms with E-state index in [1.54, 1.807) is 0 Å². The average molecular weight is 421 g/mol. The third-order valence-corrected chi connectivity index (χ3v) is 5.32. The summed E-state index contributed by atoms with van der Waals surface area (Å²) in [6.45, 7) is 8.00. The quantitative estimate of drug-likeness (QED) is 0.669. The molecule has 2 amide bonds. The van der Waals surface area contributed by atoms with E-state index in [-0.39, 0.29) is 5.91 Å². The molecule has 0 saturated carbocycles. The maximum absolute atomic E-state index is 13.1. The third kappa shape index (κ3) is 4.40. The molecule has 4 rings (SSSR count). The van der Waals surface area contributed by atoms with E-state index in [4.69, 9.17) is 9.72 Å². The normalized spacial score (nSPS) is 16.5. The molecule has 162 valence electrons. The first kappa shape index (κ1) is 20.9. The predicted octanol–water partition coefficient (Wildman–Crippen LogP) is 4.65. The number of ether oxygens (including phenoxy) is 1. The molecular formula is C24H28N4O3. The lowest BCUT2D eigenvalue weighted by atomic mass is 10.1. The molecule has 1 fully saturated rings. The number of imidazole rings is 1. The zero-order chi connectivity index (χ0) is 22.2. The Labute approximate surface area is 182 Å². The molecule has 2 aromatic heterocycles. The van der Waals surface area contributed by atoms with Gasteiger partial charge in [0, 0.05) is 24.5 Å². The van der Waals surface area contributed by atoms with Crippen LogP contribution in [0.4, 0.5) is 10.5 Å². The van der Waals surface area contributed by atoms with Crippen LogP contribution in [0.1, 0.15) is 39.2 Å². The summed E-state index contributed by atoms with van der Waals surface area (Å²) in [4.78, 5) is 32.0. The number of anilines is 1. The Morgan fingerprint density at radius 3 is 2.68 bits per heavy atom. The number of para-hydroxylation sites is 1. The largest absolute Gasteiger partial charge is 0.444 e. The molecule has 1 N–H and O–H groups in total. The lowest BCUT2D eigenvalue weighted by Gasteiger charge is -2.28. The van der Waals surface area contributed by atoms with Crippen LogP contribution in [0.3, 0.4) is 0 Å². The highest BCUT2D eigenvalue weighted by Gasteiger charge is 2.36. The van der Waals surface area contributed by atoms with Crippen LogP contribution in [-0.4, -0.2) is 44.5 Å². The molecule has 0 spiro atoms. The Morgan fingerprint density at radius 1 is 1.16 bits per heavy atom. The van der Waals surface area contributed by atoms with Gasteiger partial charge in [-0.2, -0.15) is 0 Å². The SMILES string of the molecule is Cc1cccn2cc(-c3ccccc3NC(=O)C3CCCN3C(=O)OC(C)(C)C)nc12. The maximum atomic E-state index is 13.1. The van der Waals surface area contributed by atoms with Gasteiger partial charge in [0.2, 0.25) is 5.91 Å². The molecule has 7 nitrogen and oxygen atoms in total. The topological polar surface area (TPSA) is 75.9 Å². The van der Waals surface area contributed by atoms with Crippen LogP contribution >= 0.6 is 0 Å². The summed E-state index contributed by atoms with van der Waals surface area (Å²) in [6, 6.07) is 11.0. The molecule has 31 heavy (non-hydrogen) atoms. The molecule has 1 aromatic carbocycles. The highest BCUT2D eigenvalue weighted by molar-refractivity contribution is 5.99. The second-order valence-corrected chi connectivity index (χ2v) is 8.91. The molecule has 0 bridgehead atoms. The van der Waals surface area contributed by atoms with E-state index in [0.717, 1.165) is 28.9 Å². The van der Waals surface area contributed by atoms with Gasteiger partial charge in [0.25, 0.3) is 0 Å². The molecule has 0 aliphatic carbocycles. The second kappa shape index (κ2) is 8.06. The van der Waals surface area contributed by atoms with E-state index >= 15 is 0 Å². The van der Waals surface area contributed by atoms with Crippen LogP contribution in [-0.2, 0) is 9.53 Å². The highest BCUT2D eigenvalue weighted by atomic mass is 16.6. The van der Waals surface area contributed by atoms with Gasteiger partial charge in [0.05, 0.1) is 11.4 Å². The van der Waals surface area contributed by atoms with Gasteiger partial charge >= 0.3 is 6.09 Å². The first-order valence-electron chi connectivity index (χ1n) is 10.6. The maximum Gasteiger partial charge on any atom is 0.410 e. The molecule has 3 aromatic rings. The van der Waals surface area contributed by atoms with Crippen molar-refractivity contribution in [2.45, 2.75) is 52.2 Å². The summed E-state index contributed by atoms with van der Waals surface area (Å²) in [6.07, 6.45) is 4.84. The number of aromatic nitrogens is 2. The zero-order valence-corrected chi connectivity index (χ0v) is 18.4. The zero-order valence-electron chi connectivity index (χ0n) is 18.4. The first-order chi connectivity index (χ1) is 14.7. The fourth-order valence-electron chi connectivity index (χ4n) is 3.89. The number of aryl methyl sites for hydroxylation is 1. The molecule has 1 atom stereocenters.